The molecule has 0 aromatic heterocycles. The SMILES string of the molecule is CN1C(CN2CCC(CCCc3ccccc3)CC2)=C(Br)C(=O)CC1NC1CCCCC1. The highest BCUT2D eigenvalue weighted by Gasteiger charge is 2.33. The van der Waals surface area contributed by atoms with Crippen LogP contribution >= 0.6 is 15.9 Å². The van der Waals surface area contributed by atoms with E-state index in [0.29, 0.717) is 12.5 Å². The summed E-state index contributed by atoms with van der Waals surface area (Å²) in [6, 6.07) is 11.4. The van der Waals surface area contributed by atoms with Gasteiger partial charge in [0.25, 0.3) is 0 Å². The summed E-state index contributed by atoms with van der Waals surface area (Å²) in [4.78, 5) is 17.6. The molecule has 176 valence electrons. The highest BCUT2D eigenvalue weighted by molar-refractivity contribution is 9.12. The van der Waals surface area contributed by atoms with E-state index in [9.17, 15) is 4.79 Å². The molecule has 0 bridgehead atoms. The van der Waals surface area contributed by atoms with Gasteiger partial charge in [0.2, 0.25) is 0 Å². The zero-order chi connectivity index (χ0) is 22.3. The quantitative estimate of drug-likeness (QED) is 0.511. The maximum absolute atomic E-state index is 12.7. The van der Waals surface area contributed by atoms with Crippen molar-refractivity contribution in [3.05, 3.63) is 46.1 Å². The Morgan fingerprint density at radius 3 is 2.47 bits per heavy atom. The largest absolute Gasteiger partial charge is 0.360 e. The number of carbonyl (C=O) groups excluding carboxylic acids is 1. The fraction of sp³-hybridized carbons (Fsp3) is 0.667. The van der Waals surface area contributed by atoms with Crippen LogP contribution < -0.4 is 5.32 Å². The van der Waals surface area contributed by atoms with Crippen LogP contribution in [0.3, 0.4) is 0 Å². The second-order valence-corrected chi connectivity index (χ2v) is 10.9. The summed E-state index contributed by atoms with van der Waals surface area (Å²) in [5.41, 5.74) is 2.63. The Bertz CT molecular complexity index is 766. The number of allylic oxidation sites excluding steroid dienone is 1. The number of carbonyl (C=O) groups is 1. The highest BCUT2D eigenvalue weighted by Crippen LogP contribution is 2.30. The average molecular weight is 503 g/mol. The van der Waals surface area contributed by atoms with Gasteiger partial charge in [-0.25, -0.2) is 0 Å². The van der Waals surface area contributed by atoms with Crippen molar-refractivity contribution in [3.63, 3.8) is 0 Å². The lowest BCUT2D eigenvalue weighted by Gasteiger charge is -2.42. The molecule has 5 heteroatoms. The van der Waals surface area contributed by atoms with E-state index in [1.165, 1.54) is 69.8 Å². The van der Waals surface area contributed by atoms with Crippen molar-refractivity contribution in [2.45, 2.75) is 82.8 Å². The molecule has 0 spiro atoms. The molecule has 1 saturated carbocycles. The Hall–Kier alpha value is -1.17. The predicted octanol–water partition coefficient (Wildman–Crippen LogP) is 5.48. The molecular weight excluding hydrogens is 462 g/mol. The number of rotatable bonds is 8. The molecule has 4 nitrogen and oxygen atoms in total. The Morgan fingerprint density at radius 2 is 1.75 bits per heavy atom. The maximum Gasteiger partial charge on any atom is 0.175 e. The van der Waals surface area contributed by atoms with E-state index in [0.717, 1.165) is 35.7 Å². The van der Waals surface area contributed by atoms with Gasteiger partial charge in [0, 0.05) is 31.8 Å². The lowest BCUT2D eigenvalue weighted by Crippen LogP contribution is -2.53. The summed E-state index contributed by atoms with van der Waals surface area (Å²) in [6.07, 6.45) is 13.6. The van der Waals surface area contributed by atoms with Crippen molar-refractivity contribution in [1.29, 1.82) is 0 Å². The average Bonchev–Trinajstić information content (AvgIpc) is 2.82. The first-order valence-electron chi connectivity index (χ1n) is 12.8. The van der Waals surface area contributed by atoms with Crippen LogP contribution in [0.4, 0.5) is 0 Å². The number of halogens is 1. The summed E-state index contributed by atoms with van der Waals surface area (Å²) in [6.45, 7) is 3.16. The van der Waals surface area contributed by atoms with Gasteiger partial charge >= 0.3 is 0 Å². The maximum atomic E-state index is 12.7. The molecule has 0 amide bonds. The van der Waals surface area contributed by atoms with Gasteiger partial charge in [-0.05, 0) is 79.0 Å². The Kier molecular flexibility index (Phi) is 8.84. The molecule has 1 aromatic rings. The van der Waals surface area contributed by atoms with Crippen molar-refractivity contribution >= 4 is 21.7 Å². The molecule has 1 aromatic carbocycles. The van der Waals surface area contributed by atoms with Crippen LogP contribution in [0.2, 0.25) is 0 Å². The number of hydrogen-bond acceptors (Lipinski definition) is 4. The third-order valence-electron chi connectivity index (χ3n) is 7.80. The zero-order valence-corrected chi connectivity index (χ0v) is 21.3. The molecule has 1 atom stereocenters. The number of ketones is 1. The molecule has 1 saturated heterocycles. The molecule has 2 heterocycles. The van der Waals surface area contributed by atoms with Gasteiger partial charge < -0.3 is 4.90 Å². The molecule has 4 rings (SSSR count). The van der Waals surface area contributed by atoms with E-state index >= 15 is 0 Å². The third kappa shape index (κ3) is 6.45. The standard InChI is InChI=1S/C27H40BrN3O/c1-30-24(27(28)25(32)19-26(30)29-23-13-6-3-7-14-23)20-31-17-15-22(16-18-31)12-8-11-21-9-4-2-5-10-21/h2,4-5,9-10,22-23,26,29H,3,6-8,11-20H2,1H3. The lowest BCUT2D eigenvalue weighted by atomic mass is 9.90. The van der Waals surface area contributed by atoms with Crippen LogP contribution in [-0.2, 0) is 11.2 Å². The predicted molar refractivity (Wildman–Crippen MR) is 136 cm³/mol. The van der Waals surface area contributed by atoms with Crippen LogP contribution in [0.5, 0.6) is 0 Å². The minimum absolute atomic E-state index is 0.137. The first-order valence-corrected chi connectivity index (χ1v) is 13.6. The normalized spacial score (nSPS) is 24.4. The van der Waals surface area contributed by atoms with Crippen LogP contribution in [0, 0.1) is 5.92 Å². The van der Waals surface area contributed by atoms with E-state index in [1.807, 2.05) is 0 Å². The fourth-order valence-electron chi connectivity index (χ4n) is 5.68. The van der Waals surface area contributed by atoms with Crippen molar-refractivity contribution in [2.75, 3.05) is 26.7 Å². The van der Waals surface area contributed by atoms with Crippen LogP contribution in [0.15, 0.2) is 40.5 Å². The number of nitrogens with one attached hydrogen (secondary N) is 1. The van der Waals surface area contributed by atoms with E-state index < -0.39 is 0 Å². The number of Topliss-reactive ketones (excluding diaryl/α,β-unsaturated/α-hetero) is 1. The summed E-state index contributed by atoms with van der Waals surface area (Å²) >= 11 is 3.64. The zero-order valence-electron chi connectivity index (χ0n) is 19.7. The Labute approximate surface area is 202 Å². The molecular formula is C27H40BrN3O. The fourth-order valence-corrected chi connectivity index (χ4v) is 6.25. The molecule has 0 radical (unpaired) electrons. The second kappa shape index (κ2) is 11.8. The Morgan fingerprint density at radius 1 is 1.03 bits per heavy atom. The van der Waals surface area contributed by atoms with Crippen molar-refractivity contribution < 1.29 is 4.79 Å². The number of likely N-dealkylation sites (tertiary alicyclic amines) is 1. The van der Waals surface area contributed by atoms with Gasteiger partial charge in [0.15, 0.2) is 5.78 Å². The van der Waals surface area contributed by atoms with E-state index in [-0.39, 0.29) is 11.9 Å². The minimum Gasteiger partial charge on any atom is -0.360 e. The number of aryl methyl sites for hydroxylation is 1. The smallest absolute Gasteiger partial charge is 0.175 e. The molecule has 3 aliphatic rings. The van der Waals surface area contributed by atoms with Gasteiger partial charge in [-0.1, -0.05) is 56.0 Å². The number of likely N-dealkylation sites (N-methyl/N-ethyl adjacent to an activating group) is 1. The first kappa shape index (κ1) is 24.0. The van der Waals surface area contributed by atoms with Gasteiger partial charge in [-0.2, -0.15) is 0 Å². The minimum atomic E-state index is 0.137. The summed E-state index contributed by atoms with van der Waals surface area (Å²) < 4.78 is 0.798. The van der Waals surface area contributed by atoms with Crippen molar-refractivity contribution in [1.82, 2.24) is 15.1 Å². The number of nitrogens with zero attached hydrogens (tertiary/aromatic N) is 2. The van der Waals surface area contributed by atoms with Crippen molar-refractivity contribution in [2.24, 2.45) is 5.92 Å². The number of piperidine rings is 1. The van der Waals surface area contributed by atoms with E-state index in [1.54, 1.807) is 0 Å². The van der Waals surface area contributed by atoms with Crippen LogP contribution in [0.25, 0.3) is 0 Å². The molecule has 32 heavy (non-hydrogen) atoms. The highest BCUT2D eigenvalue weighted by atomic mass is 79.9. The van der Waals surface area contributed by atoms with Crippen LogP contribution in [-0.4, -0.2) is 54.5 Å². The monoisotopic (exact) mass is 501 g/mol. The summed E-state index contributed by atoms with van der Waals surface area (Å²) in [5.74, 6) is 1.10. The van der Waals surface area contributed by atoms with Gasteiger partial charge in [-0.3, -0.25) is 15.0 Å². The van der Waals surface area contributed by atoms with Gasteiger partial charge in [0.05, 0.1) is 10.6 Å². The third-order valence-corrected chi connectivity index (χ3v) is 8.70. The topological polar surface area (TPSA) is 35.6 Å². The number of hydrogen-bond donors (Lipinski definition) is 1. The summed E-state index contributed by atoms with van der Waals surface area (Å²) in [5, 5.41) is 3.80. The molecule has 1 N–H and O–H groups in total. The molecule has 2 aliphatic heterocycles. The van der Waals surface area contributed by atoms with Crippen molar-refractivity contribution in [3.8, 4) is 0 Å². The Balaban J connectivity index is 1.24. The molecule has 1 unspecified atom stereocenters. The molecule has 2 fully saturated rings. The van der Waals surface area contributed by atoms with E-state index in [2.05, 4.69) is 68.4 Å². The molecule has 1 aliphatic carbocycles. The second-order valence-electron chi connectivity index (χ2n) is 10.1. The summed E-state index contributed by atoms with van der Waals surface area (Å²) in [7, 11) is 2.17. The van der Waals surface area contributed by atoms with Gasteiger partial charge in [0.1, 0.15) is 0 Å². The number of benzene rings is 1. The van der Waals surface area contributed by atoms with Crippen LogP contribution in [0.1, 0.15) is 69.8 Å². The van der Waals surface area contributed by atoms with Gasteiger partial charge in [-0.15, -0.1) is 0 Å². The lowest BCUT2D eigenvalue weighted by molar-refractivity contribution is -0.117. The van der Waals surface area contributed by atoms with E-state index in [4.69, 9.17) is 0 Å². The first-order chi connectivity index (χ1) is 15.6.